The van der Waals surface area contributed by atoms with Crippen molar-refractivity contribution in [2.75, 3.05) is 19.0 Å². The number of phenols is 1. The Kier molecular flexibility index (Phi) is 3.28. The molecule has 2 N–H and O–H groups in total. The van der Waals surface area contributed by atoms with Crippen molar-refractivity contribution in [3.63, 3.8) is 0 Å². The predicted molar refractivity (Wildman–Crippen MR) is 77.7 cm³/mol. The highest BCUT2D eigenvalue weighted by Crippen LogP contribution is 2.38. The quantitative estimate of drug-likeness (QED) is 0.905. The lowest BCUT2D eigenvalue weighted by molar-refractivity contribution is 0.337. The minimum atomic E-state index is -0.0255. The molecule has 2 aromatic carbocycles. The molecular weight excluding hydrogens is 268 g/mol. The van der Waals surface area contributed by atoms with Gasteiger partial charge in [-0.3, -0.25) is 0 Å². The highest BCUT2D eigenvalue weighted by Gasteiger charge is 2.25. The third-order valence-corrected chi connectivity index (χ3v) is 3.44. The number of methoxy groups -OCH3 is 1. The van der Waals surface area contributed by atoms with Gasteiger partial charge < -0.3 is 19.9 Å². The van der Waals surface area contributed by atoms with E-state index in [0.717, 1.165) is 11.3 Å². The number of anilines is 1. The summed E-state index contributed by atoms with van der Waals surface area (Å²) in [5.41, 5.74) is 2.33. The Labute approximate surface area is 122 Å². The summed E-state index contributed by atoms with van der Waals surface area (Å²) in [5.74, 6) is 1.48. The number of hydrogen-bond donors (Lipinski definition) is 2. The van der Waals surface area contributed by atoms with Crippen LogP contribution in [0.5, 0.6) is 17.2 Å². The van der Waals surface area contributed by atoms with Crippen LogP contribution in [0.4, 0.5) is 5.69 Å². The van der Waals surface area contributed by atoms with Crippen molar-refractivity contribution in [3.05, 3.63) is 47.5 Å². The van der Waals surface area contributed by atoms with E-state index in [2.05, 4.69) is 11.4 Å². The first-order valence-corrected chi connectivity index (χ1v) is 6.51. The topological polar surface area (TPSA) is 74.5 Å². The standard InChI is InChI=1S/C16H14N2O3/c1-20-16-6-10(8-17)2-5-13(16)18-14-9-21-15-7-11(19)3-4-12(14)15/h2-7,14,18-19H,9H2,1H3. The summed E-state index contributed by atoms with van der Waals surface area (Å²) >= 11 is 0. The molecule has 1 heterocycles. The highest BCUT2D eigenvalue weighted by molar-refractivity contribution is 5.61. The van der Waals surface area contributed by atoms with Crippen molar-refractivity contribution in [1.29, 1.82) is 5.26 Å². The normalized spacial score (nSPS) is 15.7. The van der Waals surface area contributed by atoms with Gasteiger partial charge in [0.1, 0.15) is 23.9 Å². The molecule has 1 unspecified atom stereocenters. The van der Waals surface area contributed by atoms with E-state index in [-0.39, 0.29) is 11.8 Å². The van der Waals surface area contributed by atoms with Crippen LogP contribution >= 0.6 is 0 Å². The summed E-state index contributed by atoms with van der Waals surface area (Å²) in [4.78, 5) is 0. The minimum absolute atomic E-state index is 0.0255. The zero-order valence-electron chi connectivity index (χ0n) is 11.5. The lowest BCUT2D eigenvalue weighted by atomic mass is 10.1. The number of nitrogens with zero attached hydrogens (tertiary/aromatic N) is 1. The second-order valence-corrected chi connectivity index (χ2v) is 4.76. The number of fused-ring (bicyclic) bond motifs is 1. The molecule has 5 nitrogen and oxygen atoms in total. The molecule has 0 radical (unpaired) electrons. The van der Waals surface area contributed by atoms with Gasteiger partial charge in [-0.2, -0.15) is 5.26 Å². The number of nitriles is 1. The van der Waals surface area contributed by atoms with E-state index in [1.807, 2.05) is 12.1 Å². The molecule has 1 atom stereocenters. The predicted octanol–water partition coefficient (Wildman–Crippen LogP) is 2.82. The Morgan fingerprint density at radius 2 is 2.19 bits per heavy atom. The van der Waals surface area contributed by atoms with Crippen LogP contribution in [0.2, 0.25) is 0 Å². The van der Waals surface area contributed by atoms with E-state index in [4.69, 9.17) is 14.7 Å². The summed E-state index contributed by atoms with van der Waals surface area (Å²) < 4.78 is 10.9. The van der Waals surface area contributed by atoms with Crippen molar-refractivity contribution >= 4 is 5.69 Å². The highest BCUT2D eigenvalue weighted by atomic mass is 16.5. The molecule has 2 aromatic rings. The zero-order valence-corrected chi connectivity index (χ0v) is 11.5. The molecule has 1 aliphatic rings. The Balaban J connectivity index is 1.88. The molecule has 1 aliphatic heterocycles. The molecule has 0 bridgehead atoms. The Morgan fingerprint density at radius 3 is 2.95 bits per heavy atom. The van der Waals surface area contributed by atoms with Gasteiger partial charge in [-0.25, -0.2) is 0 Å². The fraction of sp³-hybridized carbons (Fsp3) is 0.188. The third-order valence-electron chi connectivity index (χ3n) is 3.44. The first-order valence-electron chi connectivity index (χ1n) is 6.51. The van der Waals surface area contributed by atoms with E-state index in [1.165, 1.54) is 0 Å². The van der Waals surface area contributed by atoms with E-state index in [0.29, 0.717) is 23.7 Å². The van der Waals surface area contributed by atoms with E-state index >= 15 is 0 Å². The van der Waals surface area contributed by atoms with Gasteiger partial charge in [0.25, 0.3) is 0 Å². The maximum absolute atomic E-state index is 9.46. The van der Waals surface area contributed by atoms with Gasteiger partial charge in [0.15, 0.2) is 0 Å². The summed E-state index contributed by atoms with van der Waals surface area (Å²) in [6.07, 6.45) is 0. The first-order chi connectivity index (χ1) is 10.2. The van der Waals surface area contributed by atoms with Crippen LogP contribution < -0.4 is 14.8 Å². The average Bonchev–Trinajstić information content (AvgIpc) is 2.89. The molecule has 3 rings (SSSR count). The molecular formula is C16H14N2O3. The fourth-order valence-corrected chi connectivity index (χ4v) is 2.39. The molecule has 106 valence electrons. The van der Waals surface area contributed by atoms with Crippen LogP contribution in [0.25, 0.3) is 0 Å². The van der Waals surface area contributed by atoms with Gasteiger partial charge in [0.05, 0.1) is 30.5 Å². The average molecular weight is 282 g/mol. The smallest absolute Gasteiger partial charge is 0.143 e. The summed E-state index contributed by atoms with van der Waals surface area (Å²) in [6, 6.07) is 12.4. The molecule has 0 amide bonds. The lowest BCUT2D eigenvalue weighted by Gasteiger charge is -2.16. The van der Waals surface area contributed by atoms with Crippen LogP contribution in [-0.4, -0.2) is 18.8 Å². The number of benzene rings is 2. The molecule has 0 aromatic heterocycles. The Hall–Kier alpha value is -2.87. The number of hydrogen-bond acceptors (Lipinski definition) is 5. The lowest BCUT2D eigenvalue weighted by Crippen LogP contribution is -2.12. The maximum atomic E-state index is 9.46. The Morgan fingerprint density at radius 1 is 1.33 bits per heavy atom. The van der Waals surface area contributed by atoms with Crippen molar-refractivity contribution in [2.24, 2.45) is 0 Å². The van der Waals surface area contributed by atoms with Crippen molar-refractivity contribution in [2.45, 2.75) is 6.04 Å². The third kappa shape index (κ3) is 2.43. The summed E-state index contributed by atoms with van der Waals surface area (Å²) in [5, 5.41) is 21.7. The van der Waals surface area contributed by atoms with E-state index in [9.17, 15) is 5.11 Å². The molecule has 0 aliphatic carbocycles. The minimum Gasteiger partial charge on any atom is -0.508 e. The van der Waals surface area contributed by atoms with Crippen LogP contribution in [0.1, 0.15) is 17.2 Å². The first kappa shape index (κ1) is 13.1. The maximum Gasteiger partial charge on any atom is 0.143 e. The monoisotopic (exact) mass is 282 g/mol. The molecule has 0 fully saturated rings. The van der Waals surface area contributed by atoms with Crippen LogP contribution in [0.15, 0.2) is 36.4 Å². The number of rotatable bonds is 3. The van der Waals surface area contributed by atoms with Crippen molar-refractivity contribution in [3.8, 4) is 23.3 Å². The number of phenolic OH excluding ortho intramolecular Hbond substituents is 1. The van der Waals surface area contributed by atoms with Gasteiger partial charge in [-0.15, -0.1) is 0 Å². The van der Waals surface area contributed by atoms with Gasteiger partial charge in [0.2, 0.25) is 0 Å². The number of aromatic hydroxyl groups is 1. The largest absolute Gasteiger partial charge is 0.508 e. The zero-order chi connectivity index (χ0) is 14.8. The summed E-state index contributed by atoms with van der Waals surface area (Å²) in [7, 11) is 1.57. The van der Waals surface area contributed by atoms with Crippen molar-refractivity contribution in [1.82, 2.24) is 0 Å². The van der Waals surface area contributed by atoms with Crippen LogP contribution in [0, 0.1) is 11.3 Å². The Bertz CT molecular complexity index is 722. The SMILES string of the molecule is COc1cc(C#N)ccc1NC1COc2cc(O)ccc21. The summed E-state index contributed by atoms with van der Waals surface area (Å²) in [6.45, 7) is 0.474. The van der Waals surface area contributed by atoms with Gasteiger partial charge in [-0.05, 0) is 24.3 Å². The van der Waals surface area contributed by atoms with Gasteiger partial charge in [0, 0.05) is 17.7 Å². The van der Waals surface area contributed by atoms with Crippen LogP contribution in [-0.2, 0) is 0 Å². The number of nitrogens with one attached hydrogen (secondary N) is 1. The van der Waals surface area contributed by atoms with Gasteiger partial charge >= 0.3 is 0 Å². The molecule has 21 heavy (non-hydrogen) atoms. The molecule has 0 spiro atoms. The van der Waals surface area contributed by atoms with Gasteiger partial charge in [-0.1, -0.05) is 0 Å². The van der Waals surface area contributed by atoms with Crippen molar-refractivity contribution < 1.29 is 14.6 Å². The fourth-order valence-electron chi connectivity index (χ4n) is 2.39. The second kappa shape index (κ2) is 5.25. The van der Waals surface area contributed by atoms with E-state index in [1.54, 1.807) is 31.4 Å². The molecule has 0 saturated carbocycles. The number of ether oxygens (including phenoxy) is 2. The van der Waals surface area contributed by atoms with Crippen LogP contribution in [0.3, 0.4) is 0 Å². The van der Waals surface area contributed by atoms with E-state index < -0.39 is 0 Å². The second-order valence-electron chi connectivity index (χ2n) is 4.76. The molecule has 5 heteroatoms. The molecule has 0 saturated heterocycles.